The maximum atomic E-state index is 12.6. The van der Waals surface area contributed by atoms with Gasteiger partial charge in [0.25, 0.3) is 0 Å². The topological polar surface area (TPSA) is 17.1 Å². The minimum absolute atomic E-state index is 0.0248. The fourth-order valence-electron chi connectivity index (χ4n) is 6.59. The van der Waals surface area contributed by atoms with E-state index in [1.165, 1.54) is 32.1 Å². The lowest BCUT2D eigenvalue weighted by molar-refractivity contribution is -0.136. The van der Waals surface area contributed by atoms with E-state index in [4.69, 9.17) is 0 Å². The highest BCUT2D eigenvalue weighted by molar-refractivity contribution is 9.10. The summed E-state index contributed by atoms with van der Waals surface area (Å²) >= 11 is 3.67. The molecule has 0 N–H and O–H groups in total. The Kier molecular flexibility index (Phi) is 3.24. The molecule has 0 bridgehead atoms. The van der Waals surface area contributed by atoms with Gasteiger partial charge in [-0.3, -0.25) is 4.79 Å². The van der Waals surface area contributed by atoms with Gasteiger partial charge in [-0.15, -0.1) is 0 Å². The van der Waals surface area contributed by atoms with Crippen LogP contribution in [0.1, 0.15) is 58.8 Å². The highest BCUT2D eigenvalue weighted by atomic mass is 79.9. The molecule has 0 amide bonds. The van der Waals surface area contributed by atoms with Gasteiger partial charge in [0.2, 0.25) is 0 Å². The molecule has 3 fully saturated rings. The number of allylic oxidation sites excluding steroid dienone is 2. The Morgan fingerprint density at radius 2 is 1.95 bits per heavy atom. The number of carbonyl (C=O) groups is 1. The van der Waals surface area contributed by atoms with Gasteiger partial charge in [-0.1, -0.05) is 41.9 Å². The van der Waals surface area contributed by atoms with Gasteiger partial charge < -0.3 is 0 Å². The van der Waals surface area contributed by atoms with Gasteiger partial charge in [0.05, 0.1) is 4.83 Å². The molecule has 0 unspecified atom stereocenters. The molecule has 0 aromatic heterocycles. The molecular formula is C19H27BrO. The molecule has 0 aromatic rings. The summed E-state index contributed by atoms with van der Waals surface area (Å²) in [4.78, 5) is 12.8. The number of alkyl halides is 1. The molecule has 4 aliphatic carbocycles. The van der Waals surface area contributed by atoms with Crippen molar-refractivity contribution in [2.45, 2.75) is 63.6 Å². The van der Waals surface area contributed by atoms with Gasteiger partial charge in [0, 0.05) is 5.41 Å². The van der Waals surface area contributed by atoms with Gasteiger partial charge in [-0.05, 0) is 74.0 Å². The van der Waals surface area contributed by atoms with Gasteiger partial charge in [0.15, 0.2) is 5.78 Å². The van der Waals surface area contributed by atoms with E-state index in [0.29, 0.717) is 17.1 Å². The maximum Gasteiger partial charge on any atom is 0.152 e. The van der Waals surface area contributed by atoms with Crippen molar-refractivity contribution in [3.05, 3.63) is 12.2 Å². The van der Waals surface area contributed by atoms with E-state index in [0.717, 1.165) is 30.6 Å². The Balaban J connectivity index is 1.68. The second-order valence-electron chi connectivity index (χ2n) is 8.59. The molecule has 1 nitrogen and oxygen atoms in total. The van der Waals surface area contributed by atoms with Gasteiger partial charge in [-0.25, -0.2) is 0 Å². The normalized spacial score (nSPS) is 55.8. The predicted molar refractivity (Wildman–Crippen MR) is 89.4 cm³/mol. The lowest BCUT2D eigenvalue weighted by Gasteiger charge is -2.58. The summed E-state index contributed by atoms with van der Waals surface area (Å²) in [5.41, 5.74) is 0.482. The predicted octanol–water partition coefficient (Wildman–Crippen LogP) is 5.14. The summed E-state index contributed by atoms with van der Waals surface area (Å²) in [5.74, 6) is 3.68. The van der Waals surface area contributed by atoms with E-state index < -0.39 is 0 Å². The lowest BCUT2D eigenvalue weighted by atomic mass is 9.46. The summed E-state index contributed by atoms with van der Waals surface area (Å²) in [5, 5.41) is 0. The van der Waals surface area contributed by atoms with Crippen molar-refractivity contribution in [1.82, 2.24) is 0 Å². The van der Waals surface area contributed by atoms with Crippen LogP contribution in [0.5, 0.6) is 0 Å². The number of hydrogen-bond donors (Lipinski definition) is 0. The van der Waals surface area contributed by atoms with Crippen molar-refractivity contribution in [1.29, 1.82) is 0 Å². The van der Waals surface area contributed by atoms with E-state index in [-0.39, 0.29) is 10.2 Å². The number of ketones is 1. The first kappa shape index (κ1) is 14.5. The lowest BCUT2D eigenvalue weighted by Crippen LogP contribution is -2.52. The van der Waals surface area contributed by atoms with Crippen LogP contribution in [0.15, 0.2) is 12.2 Å². The number of rotatable bonds is 0. The van der Waals surface area contributed by atoms with Crippen molar-refractivity contribution in [2.75, 3.05) is 0 Å². The fraction of sp³-hybridized carbons (Fsp3) is 0.842. The van der Waals surface area contributed by atoms with Crippen molar-refractivity contribution >= 4 is 21.7 Å². The molecule has 7 atom stereocenters. The van der Waals surface area contributed by atoms with Crippen LogP contribution in [-0.4, -0.2) is 10.6 Å². The van der Waals surface area contributed by atoms with Crippen LogP contribution in [0.25, 0.3) is 0 Å². The van der Waals surface area contributed by atoms with E-state index in [1.807, 2.05) is 0 Å². The SMILES string of the molecule is C[C@]12CC=CC[C@@H]1CC[C@@H]1[C@@H]2CC[C@]2(C)C(=O)[C@H](Br)C[C@@H]12. The third-order valence-corrected chi connectivity index (χ3v) is 8.70. The number of carbonyl (C=O) groups excluding carboxylic acids is 1. The molecule has 21 heavy (non-hydrogen) atoms. The Labute approximate surface area is 137 Å². The first-order chi connectivity index (χ1) is 9.97. The largest absolute Gasteiger partial charge is 0.298 e. The van der Waals surface area contributed by atoms with Crippen LogP contribution in [0.3, 0.4) is 0 Å². The van der Waals surface area contributed by atoms with Gasteiger partial charge in [0.1, 0.15) is 0 Å². The fourth-order valence-corrected chi connectivity index (χ4v) is 7.51. The second kappa shape index (κ2) is 4.69. The van der Waals surface area contributed by atoms with Crippen LogP contribution in [0, 0.1) is 34.5 Å². The highest BCUT2D eigenvalue weighted by Crippen LogP contribution is 2.65. The highest BCUT2D eigenvalue weighted by Gasteiger charge is 2.61. The first-order valence-electron chi connectivity index (χ1n) is 8.80. The molecule has 0 spiro atoms. The molecule has 4 aliphatic rings. The standard InChI is InChI=1S/C19H27BrO/c1-18-9-4-3-5-12(18)6-7-13-14(18)8-10-19(2)15(13)11-16(20)17(19)21/h3-4,12-16H,5-11H2,1-2H3/t12-,13-,14+,15+,16-,18+,19+/m1/s1. The molecule has 116 valence electrons. The quantitative estimate of drug-likeness (QED) is 0.436. The Morgan fingerprint density at radius 1 is 1.14 bits per heavy atom. The van der Waals surface area contributed by atoms with Crippen LogP contribution in [0.4, 0.5) is 0 Å². The Hall–Kier alpha value is -0.110. The third-order valence-electron chi connectivity index (χ3n) is 7.91. The molecular weight excluding hydrogens is 324 g/mol. The molecule has 0 heterocycles. The molecule has 4 rings (SSSR count). The van der Waals surface area contributed by atoms with Crippen LogP contribution in [0.2, 0.25) is 0 Å². The summed E-state index contributed by atoms with van der Waals surface area (Å²) in [6.07, 6.45) is 13.7. The van der Waals surface area contributed by atoms with Crippen molar-refractivity contribution in [3.63, 3.8) is 0 Å². The first-order valence-corrected chi connectivity index (χ1v) is 9.72. The summed E-state index contributed by atoms with van der Waals surface area (Å²) < 4.78 is 0. The van der Waals surface area contributed by atoms with Crippen LogP contribution >= 0.6 is 15.9 Å². The zero-order valence-electron chi connectivity index (χ0n) is 13.3. The Bertz CT molecular complexity index is 498. The molecule has 2 heteroatoms. The summed E-state index contributed by atoms with van der Waals surface area (Å²) in [7, 11) is 0. The molecule has 0 radical (unpaired) electrons. The average molecular weight is 351 g/mol. The minimum atomic E-state index is -0.0248. The number of Topliss-reactive ketones (excluding diaryl/α,β-unsaturated/α-hetero) is 1. The minimum Gasteiger partial charge on any atom is -0.298 e. The molecule has 3 saturated carbocycles. The zero-order valence-corrected chi connectivity index (χ0v) is 14.9. The summed E-state index contributed by atoms with van der Waals surface area (Å²) in [6.45, 7) is 4.83. The number of halogens is 1. The van der Waals surface area contributed by atoms with Crippen molar-refractivity contribution < 1.29 is 4.79 Å². The van der Waals surface area contributed by atoms with Crippen molar-refractivity contribution in [2.24, 2.45) is 34.5 Å². The van der Waals surface area contributed by atoms with Gasteiger partial charge >= 0.3 is 0 Å². The van der Waals surface area contributed by atoms with E-state index in [2.05, 4.69) is 41.9 Å². The smallest absolute Gasteiger partial charge is 0.152 e. The number of fused-ring (bicyclic) bond motifs is 5. The average Bonchev–Trinajstić information content (AvgIpc) is 2.70. The van der Waals surface area contributed by atoms with Gasteiger partial charge in [-0.2, -0.15) is 0 Å². The van der Waals surface area contributed by atoms with E-state index in [9.17, 15) is 4.79 Å². The third kappa shape index (κ3) is 1.84. The second-order valence-corrected chi connectivity index (χ2v) is 9.70. The van der Waals surface area contributed by atoms with Crippen LogP contribution < -0.4 is 0 Å². The Morgan fingerprint density at radius 3 is 2.76 bits per heavy atom. The van der Waals surface area contributed by atoms with E-state index in [1.54, 1.807) is 0 Å². The molecule has 0 aromatic carbocycles. The van der Waals surface area contributed by atoms with E-state index >= 15 is 0 Å². The maximum absolute atomic E-state index is 12.6. The molecule has 0 aliphatic heterocycles. The van der Waals surface area contributed by atoms with Crippen molar-refractivity contribution in [3.8, 4) is 0 Å². The molecule has 0 saturated heterocycles. The number of hydrogen-bond acceptors (Lipinski definition) is 1. The van der Waals surface area contributed by atoms with Crippen LogP contribution in [-0.2, 0) is 4.79 Å². The monoisotopic (exact) mass is 350 g/mol. The summed E-state index contributed by atoms with van der Waals surface area (Å²) in [6, 6.07) is 0. The zero-order chi connectivity index (χ0) is 14.8.